The maximum absolute atomic E-state index is 11.3. The fraction of sp³-hybridized carbons (Fsp3) is 0.909. The fourth-order valence-corrected chi connectivity index (χ4v) is 2.47. The molecule has 1 aliphatic heterocycles. The van der Waals surface area contributed by atoms with E-state index in [4.69, 9.17) is 5.11 Å². The SMILES string of the molecule is CSCC(=O)NC[C@H]1CCCN(CCO)C1. The zero-order valence-corrected chi connectivity index (χ0v) is 10.8. The van der Waals surface area contributed by atoms with E-state index in [0.717, 1.165) is 26.2 Å². The summed E-state index contributed by atoms with van der Waals surface area (Å²) < 4.78 is 0. The molecular formula is C11H22N2O2S. The van der Waals surface area contributed by atoms with Crippen molar-refractivity contribution in [1.82, 2.24) is 10.2 Å². The van der Waals surface area contributed by atoms with E-state index in [9.17, 15) is 4.79 Å². The Morgan fingerprint density at radius 3 is 3.12 bits per heavy atom. The first-order valence-electron chi connectivity index (χ1n) is 5.85. The molecule has 1 fully saturated rings. The highest BCUT2D eigenvalue weighted by Gasteiger charge is 2.19. The molecule has 2 N–H and O–H groups in total. The van der Waals surface area contributed by atoms with E-state index in [1.54, 1.807) is 11.8 Å². The molecule has 16 heavy (non-hydrogen) atoms. The molecular weight excluding hydrogens is 224 g/mol. The largest absolute Gasteiger partial charge is 0.395 e. The highest BCUT2D eigenvalue weighted by Crippen LogP contribution is 2.15. The van der Waals surface area contributed by atoms with Crippen LogP contribution in [0.2, 0.25) is 0 Å². The van der Waals surface area contributed by atoms with Crippen LogP contribution in [0.15, 0.2) is 0 Å². The molecule has 1 rings (SSSR count). The molecule has 0 aromatic rings. The van der Waals surface area contributed by atoms with Crippen LogP contribution in [0.5, 0.6) is 0 Å². The molecule has 0 radical (unpaired) electrons. The first-order valence-corrected chi connectivity index (χ1v) is 7.24. The topological polar surface area (TPSA) is 52.6 Å². The Bertz CT molecular complexity index is 212. The lowest BCUT2D eigenvalue weighted by Crippen LogP contribution is -2.42. The Labute approximate surface area is 102 Å². The molecule has 4 nitrogen and oxygen atoms in total. The molecule has 1 saturated heterocycles. The summed E-state index contributed by atoms with van der Waals surface area (Å²) in [7, 11) is 0. The van der Waals surface area contributed by atoms with E-state index in [-0.39, 0.29) is 12.5 Å². The number of rotatable bonds is 6. The van der Waals surface area contributed by atoms with Gasteiger partial charge in [0.2, 0.25) is 5.91 Å². The second-order valence-corrected chi connectivity index (χ2v) is 5.14. The van der Waals surface area contributed by atoms with Crippen molar-refractivity contribution in [3.05, 3.63) is 0 Å². The number of piperidine rings is 1. The lowest BCUT2D eigenvalue weighted by atomic mass is 9.98. The normalized spacial score (nSPS) is 22.0. The predicted molar refractivity (Wildman–Crippen MR) is 67.6 cm³/mol. The Morgan fingerprint density at radius 2 is 2.44 bits per heavy atom. The van der Waals surface area contributed by atoms with Gasteiger partial charge in [-0.05, 0) is 31.6 Å². The van der Waals surface area contributed by atoms with Crippen molar-refractivity contribution in [2.75, 3.05) is 44.8 Å². The van der Waals surface area contributed by atoms with E-state index >= 15 is 0 Å². The van der Waals surface area contributed by atoms with E-state index < -0.39 is 0 Å². The van der Waals surface area contributed by atoms with Gasteiger partial charge < -0.3 is 15.3 Å². The van der Waals surface area contributed by atoms with Crippen LogP contribution in [0.3, 0.4) is 0 Å². The third-order valence-corrected chi connectivity index (χ3v) is 3.43. The minimum absolute atomic E-state index is 0.131. The number of aliphatic hydroxyl groups excluding tert-OH is 1. The average Bonchev–Trinajstić information content (AvgIpc) is 2.28. The van der Waals surface area contributed by atoms with Gasteiger partial charge >= 0.3 is 0 Å². The highest BCUT2D eigenvalue weighted by atomic mass is 32.2. The second-order valence-electron chi connectivity index (χ2n) is 4.27. The quantitative estimate of drug-likeness (QED) is 0.701. The molecule has 1 amide bonds. The molecule has 0 unspecified atom stereocenters. The first kappa shape index (κ1) is 13.8. The molecule has 0 aliphatic carbocycles. The third kappa shape index (κ3) is 5.18. The molecule has 1 aliphatic rings. The maximum atomic E-state index is 11.3. The number of amides is 1. The van der Waals surface area contributed by atoms with Crippen LogP contribution in [0.1, 0.15) is 12.8 Å². The predicted octanol–water partition coefficient (Wildman–Crippen LogP) is 0.170. The summed E-state index contributed by atoms with van der Waals surface area (Å²) in [6.45, 7) is 3.85. The molecule has 5 heteroatoms. The summed E-state index contributed by atoms with van der Waals surface area (Å²) >= 11 is 1.55. The first-order chi connectivity index (χ1) is 7.76. The van der Waals surface area contributed by atoms with E-state index in [2.05, 4.69) is 10.2 Å². The van der Waals surface area contributed by atoms with Crippen LogP contribution in [-0.2, 0) is 4.79 Å². The smallest absolute Gasteiger partial charge is 0.229 e. The summed E-state index contributed by atoms with van der Waals surface area (Å²) in [6, 6.07) is 0. The van der Waals surface area contributed by atoms with E-state index in [1.807, 2.05) is 6.26 Å². The fourth-order valence-electron chi connectivity index (χ4n) is 2.10. The summed E-state index contributed by atoms with van der Waals surface area (Å²) in [5.74, 6) is 1.23. The lowest BCUT2D eigenvalue weighted by molar-refractivity contribution is -0.118. The minimum Gasteiger partial charge on any atom is -0.395 e. The zero-order chi connectivity index (χ0) is 11.8. The Kier molecular flexibility index (Phi) is 6.84. The van der Waals surface area contributed by atoms with Crippen molar-refractivity contribution in [1.29, 1.82) is 0 Å². The number of aliphatic hydroxyl groups is 1. The molecule has 0 bridgehead atoms. The Morgan fingerprint density at radius 1 is 1.62 bits per heavy atom. The van der Waals surface area contributed by atoms with Gasteiger partial charge in [0.15, 0.2) is 0 Å². The summed E-state index contributed by atoms with van der Waals surface area (Å²) in [4.78, 5) is 13.6. The molecule has 0 saturated carbocycles. The van der Waals surface area contributed by atoms with Gasteiger partial charge in [0, 0.05) is 19.6 Å². The number of carbonyl (C=O) groups excluding carboxylic acids is 1. The van der Waals surface area contributed by atoms with Gasteiger partial charge in [0.1, 0.15) is 0 Å². The molecule has 0 aromatic heterocycles. The monoisotopic (exact) mass is 246 g/mol. The Balaban J connectivity index is 2.18. The van der Waals surface area contributed by atoms with Crippen molar-refractivity contribution in [2.45, 2.75) is 12.8 Å². The number of hydrogen-bond acceptors (Lipinski definition) is 4. The van der Waals surface area contributed by atoms with Crippen molar-refractivity contribution >= 4 is 17.7 Å². The minimum atomic E-state index is 0.131. The van der Waals surface area contributed by atoms with Crippen LogP contribution in [0.4, 0.5) is 0 Å². The summed E-state index contributed by atoms with van der Waals surface area (Å²) in [6.07, 6.45) is 4.29. The number of β-amino-alcohol motifs (C(OH)–C–C–N with tert-alkyl or cyclic N) is 1. The van der Waals surface area contributed by atoms with Crippen LogP contribution < -0.4 is 5.32 Å². The molecule has 0 spiro atoms. The summed E-state index contributed by atoms with van der Waals surface area (Å²) in [5, 5.41) is 11.8. The lowest BCUT2D eigenvalue weighted by Gasteiger charge is -2.32. The van der Waals surface area contributed by atoms with Crippen LogP contribution in [0, 0.1) is 5.92 Å². The van der Waals surface area contributed by atoms with Crippen LogP contribution in [0.25, 0.3) is 0 Å². The van der Waals surface area contributed by atoms with Crippen molar-refractivity contribution in [2.24, 2.45) is 5.92 Å². The van der Waals surface area contributed by atoms with Crippen molar-refractivity contribution in [3.63, 3.8) is 0 Å². The van der Waals surface area contributed by atoms with Gasteiger partial charge in [-0.2, -0.15) is 11.8 Å². The van der Waals surface area contributed by atoms with Crippen molar-refractivity contribution < 1.29 is 9.90 Å². The van der Waals surface area contributed by atoms with E-state index in [1.165, 1.54) is 12.8 Å². The van der Waals surface area contributed by atoms with Crippen LogP contribution >= 0.6 is 11.8 Å². The number of likely N-dealkylation sites (tertiary alicyclic amines) is 1. The summed E-state index contributed by atoms with van der Waals surface area (Å²) in [5.41, 5.74) is 0. The Hall–Kier alpha value is -0.260. The van der Waals surface area contributed by atoms with Crippen molar-refractivity contribution in [3.8, 4) is 0 Å². The van der Waals surface area contributed by atoms with Gasteiger partial charge in [-0.15, -0.1) is 0 Å². The number of nitrogens with one attached hydrogen (secondary N) is 1. The zero-order valence-electron chi connectivity index (χ0n) is 9.95. The number of carbonyl (C=O) groups is 1. The molecule has 1 atom stereocenters. The van der Waals surface area contributed by atoms with Gasteiger partial charge in [0.05, 0.1) is 12.4 Å². The number of nitrogens with zero attached hydrogens (tertiary/aromatic N) is 1. The van der Waals surface area contributed by atoms with Gasteiger partial charge in [-0.3, -0.25) is 4.79 Å². The number of thioether (sulfide) groups is 1. The van der Waals surface area contributed by atoms with E-state index in [0.29, 0.717) is 11.7 Å². The number of hydrogen-bond donors (Lipinski definition) is 2. The second kappa shape index (κ2) is 7.92. The molecule has 94 valence electrons. The highest BCUT2D eigenvalue weighted by molar-refractivity contribution is 7.99. The van der Waals surface area contributed by atoms with Crippen LogP contribution in [-0.4, -0.2) is 60.7 Å². The third-order valence-electron chi connectivity index (χ3n) is 2.88. The molecule has 1 heterocycles. The van der Waals surface area contributed by atoms with Gasteiger partial charge in [0.25, 0.3) is 0 Å². The van der Waals surface area contributed by atoms with Gasteiger partial charge in [-0.25, -0.2) is 0 Å². The molecule has 0 aromatic carbocycles. The van der Waals surface area contributed by atoms with Gasteiger partial charge in [-0.1, -0.05) is 0 Å². The average molecular weight is 246 g/mol. The maximum Gasteiger partial charge on any atom is 0.229 e. The standard InChI is InChI=1S/C11H22N2O2S/c1-16-9-11(15)12-7-10-3-2-4-13(8-10)5-6-14/h10,14H,2-9H2,1H3,(H,12,15)/t10-/m1/s1.